The van der Waals surface area contributed by atoms with E-state index in [1.165, 1.54) is 6.07 Å². The van der Waals surface area contributed by atoms with Gasteiger partial charge in [0.2, 0.25) is 0 Å². The summed E-state index contributed by atoms with van der Waals surface area (Å²) in [7, 11) is 0. The summed E-state index contributed by atoms with van der Waals surface area (Å²) in [4.78, 5) is 11.3. The topological polar surface area (TPSA) is 67.0 Å². The summed E-state index contributed by atoms with van der Waals surface area (Å²) in [6.45, 7) is 0.652. The molecule has 5 nitrogen and oxygen atoms in total. The number of H-pyrrole nitrogens is 1. The molecule has 13 heavy (non-hydrogen) atoms. The molecule has 0 spiro atoms. The second-order valence-corrected chi connectivity index (χ2v) is 3.15. The van der Waals surface area contributed by atoms with Gasteiger partial charge < -0.3 is 10.1 Å². The number of aromatic amines is 1. The minimum absolute atomic E-state index is 0.172. The standard InChI is InChI=1S/C7H8ClN3O2/c8-5-3-6(11-10-5)9-7(12)4-1-2-13-4/h3-4H,1-2H2,(H2,9,10,11,12). The van der Waals surface area contributed by atoms with Crippen LogP contribution in [-0.4, -0.2) is 28.8 Å². The van der Waals surface area contributed by atoms with Crippen molar-refractivity contribution in [2.24, 2.45) is 0 Å². The minimum Gasteiger partial charge on any atom is -0.368 e. The van der Waals surface area contributed by atoms with Gasteiger partial charge in [0, 0.05) is 12.5 Å². The van der Waals surface area contributed by atoms with Crippen LogP contribution in [0.1, 0.15) is 6.42 Å². The van der Waals surface area contributed by atoms with Gasteiger partial charge in [0.05, 0.1) is 6.61 Å². The monoisotopic (exact) mass is 201 g/mol. The Morgan fingerprint density at radius 1 is 1.85 bits per heavy atom. The zero-order valence-electron chi connectivity index (χ0n) is 6.71. The van der Waals surface area contributed by atoms with Crippen molar-refractivity contribution in [1.82, 2.24) is 10.2 Å². The molecule has 0 saturated carbocycles. The summed E-state index contributed by atoms with van der Waals surface area (Å²) in [5.41, 5.74) is 0. The fraction of sp³-hybridized carbons (Fsp3) is 0.429. The van der Waals surface area contributed by atoms with Crippen LogP contribution in [0.3, 0.4) is 0 Å². The predicted octanol–water partition coefficient (Wildman–Crippen LogP) is 0.790. The van der Waals surface area contributed by atoms with Gasteiger partial charge in [-0.2, -0.15) is 5.10 Å². The number of carbonyl (C=O) groups excluding carboxylic acids is 1. The Morgan fingerprint density at radius 2 is 2.62 bits per heavy atom. The van der Waals surface area contributed by atoms with E-state index in [1.807, 2.05) is 0 Å². The summed E-state index contributed by atoms with van der Waals surface area (Å²) in [5.74, 6) is 0.250. The zero-order chi connectivity index (χ0) is 9.26. The number of nitrogens with one attached hydrogen (secondary N) is 2. The average Bonchev–Trinajstić information content (AvgIpc) is 2.31. The summed E-state index contributed by atoms with van der Waals surface area (Å²) in [5, 5.41) is 9.23. The number of hydrogen-bond acceptors (Lipinski definition) is 3. The molecule has 0 aromatic carbocycles. The van der Waals surface area contributed by atoms with Crippen LogP contribution in [0.4, 0.5) is 5.82 Å². The van der Waals surface area contributed by atoms with E-state index in [0.717, 1.165) is 6.42 Å². The van der Waals surface area contributed by atoms with Crippen LogP contribution in [0.5, 0.6) is 0 Å². The quantitative estimate of drug-likeness (QED) is 0.744. The third-order valence-corrected chi connectivity index (χ3v) is 1.98. The van der Waals surface area contributed by atoms with E-state index in [9.17, 15) is 4.79 Å². The number of carbonyl (C=O) groups is 1. The maximum atomic E-state index is 11.3. The molecule has 1 unspecified atom stereocenters. The molecular weight excluding hydrogens is 194 g/mol. The molecule has 0 radical (unpaired) electrons. The average molecular weight is 202 g/mol. The Hall–Kier alpha value is -1.07. The molecule has 0 aliphatic carbocycles. The molecule has 1 fully saturated rings. The van der Waals surface area contributed by atoms with Gasteiger partial charge >= 0.3 is 0 Å². The van der Waals surface area contributed by atoms with Crippen molar-refractivity contribution < 1.29 is 9.53 Å². The van der Waals surface area contributed by atoms with Crippen LogP contribution in [0.25, 0.3) is 0 Å². The van der Waals surface area contributed by atoms with Crippen molar-refractivity contribution in [1.29, 1.82) is 0 Å². The molecule has 2 rings (SSSR count). The molecule has 2 N–H and O–H groups in total. The normalized spacial score (nSPS) is 20.8. The number of ether oxygens (including phenoxy) is 1. The summed E-state index contributed by atoms with van der Waals surface area (Å²) in [6, 6.07) is 1.54. The first-order valence-electron chi connectivity index (χ1n) is 3.89. The van der Waals surface area contributed by atoms with Crippen molar-refractivity contribution >= 4 is 23.3 Å². The largest absolute Gasteiger partial charge is 0.368 e. The van der Waals surface area contributed by atoms with E-state index >= 15 is 0 Å². The van der Waals surface area contributed by atoms with E-state index < -0.39 is 0 Å². The number of rotatable bonds is 2. The molecule has 2 heterocycles. The Bertz CT molecular complexity index is 321. The number of hydrogen-bond donors (Lipinski definition) is 2. The highest BCUT2D eigenvalue weighted by Crippen LogP contribution is 2.15. The highest BCUT2D eigenvalue weighted by molar-refractivity contribution is 6.29. The zero-order valence-corrected chi connectivity index (χ0v) is 7.47. The lowest BCUT2D eigenvalue weighted by Gasteiger charge is -2.24. The molecule has 70 valence electrons. The fourth-order valence-corrected chi connectivity index (χ4v) is 1.16. The van der Waals surface area contributed by atoms with Crippen molar-refractivity contribution in [3.8, 4) is 0 Å². The van der Waals surface area contributed by atoms with Crippen LogP contribution >= 0.6 is 11.6 Å². The van der Waals surface area contributed by atoms with Gasteiger partial charge in [0.15, 0.2) is 5.82 Å². The van der Waals surface area contributed by atoms with E-state index in [4.69, 9.17) is 16.3 Å². The highest BCUT2D eigenvalue weighted by Gasteiger charge is 2.26. The maximum Gasteiger partial charge on any atom is 0.254 e. The summed E-state index contributed by atoms with van der Waals surface area (Å²) >= 11 is 5.57. The molecule has 1 aliphatic rings. The Labute approximate surface area is 79.4 Å². The van der Waals surface area contributed by atoms with Gasteiger partial charge in [-0.25, -0.2) is 0 Å². The third kappa shape index (κ3) is 1.81. The first-order valence-corrected chi connectivity index (χ1v) is 4.27. The van der Waals surface area contributed by atoms with Crippen LogP contribution in [0.2, 0.25) is 5.15 Å². The molecule has 1 aromatic heterocycles. The van der Waals surface area contributed by atoms with Crippen molar-refractivity contribution in [3.05, 3.63) is 11.2 Å². The number of nitrogens with zero attached hydrogens (tertiary/aromatic N) is 1. The molecule has 0 bridgehead atoms. The van der Waals surface area contributed by atoms with Gasteiger partial charge in [-0.15, -0.1) is 0 Å². The highest BCUT2D eigenvalue weighted by atomic mass is 35.5. The predicted molar refractivity (Wildman–Crippen MR) is 46.6 cm³/mol. The number of amides is 1. The molecular formula is C7H8ClN3O2. The Balaban J connectivity index is 1.93. The van der Waals surface area contributed by atoms with Crippen LogP contribution in [-0.2, 0) is 9.53 Å². The van der Waals surface area contributed by atoms with Crippen LogP contribution in [0.15, 0.2) is 6.07 Å². The lowest BCUT2D eigenvalue weighted by atomic mass is 10.2. The maximum absolute atomic E-state index is 11.3. The first kappa shape index (κ1) is 8.52. The SMILES string of the molecule is O=C(Nc1cc(Cl)[nH]n1)C1CCO1. The van der Waals surface area contributed by atoms with Crippen LogP contribution < -0.4 is 5.32 Å². The fourth-order valence-electron chi connectivity index (χ4n) is 1.01. The van der Waals surface area contributed by atoms with Gasteiger partial charge in [0.1, 0.15) is 11.3 Å². The van der Waals surface area contributed by atoms with E-state index in [1.54, 1.807) is 0 Å². The smallest absolute Gasteiger partial charge is 0.254 e. The van der Waals surface area contributed by atoms with Gasteiger partial charge in [-0.05, 0) is 0 Å². The van der Waals surface area contributed by atoms with E-state index in [0.29, 0.717) is 17.6 Å². The van der Waals surface area contributed by atoms with Gasteiger partial charge in [-0.1, -0.05) is 11.6 Å². The third-order valence-electron chi connectivity index (χ3n) is 1.79. The van der Waals surface area contributed by atoms with Crippen molar-refractivity contribution in [2.75, 3.05) is 11.9 Å². The summed E-state index contributed by atoms with van der Waals surface area (Å²) < 4.78 is 4.99. The van der Waals surface area contributed by atoms with Gasteiger partial charge in [-0.3, -0.25) is 9.89 Å². The lowest BCUT2D eigenvalue weighted by molar-refractivity contribution is -0.139. The molecule has 6 heteroatoms. The van der Waals surface area contributed by atoms with Crippen LogP contribution in [0, 0.1) is 0 Å². The Kier molecular flexibility index (Phi) is 2.20. The van der Waals surface area contributed by atoms with E-state index in [2.05, 4.69) is 15.5 Å². The number of halogens is 1. The lowest BCUT2D eigenvalue weighted by Crippen LogP contribution is -2.38. The second-order valence-electron chi connectivity index (χ2n) is 2.74. The number of aromatic nitrogens is 2. The summed E-state index contributed by atoms with van der Waals surface area (Å²) in [6.07, 6.45) is 0.444. The van der Waals surface area contributed by atoms with Crippen molar-refractivity contribution in [3.63, 3.8) is 0 Å². The van der Waals surface area contributed by atoms with Gasteiger partial charge in [0.25, 0.3) is 5.91 Å². The van der Waals surface area contributed by atoms with Crippen molar-refractivity contribution in [2.45, 2.75) is 12.5 Å². The molecule has 1 atom stereocenters. The number of anilines is 1. The second kappa shape index (κ2) is 3.35. The van der Waals surface area contributed by atoms with E-state index in [-0.39, 0.29) is 12.0 Å². The first-order chi connectivity index (χ1) is 6.25. The molecule has 1 saturated heterocycles. The molecule has 1 aromatic rings. The molecule has 1 aliphatic heterocycles. The Morgan fingerprint density at radius 3 is 3.08 bits per heavy atom. The minimum atomic E-state index is -0.324. The molecule has 1 amide bonds.